The number of rotatable bonds is 6. The molecule has 0 atom stereocenters. The van der Waals surface area contributed by atoms with Gasteiger partial charge in [0.05, 0.1) is 10.6 Å². The Balaban J connectivity index is 2.17. The first-order valence-corrected chi connectivity index (χ1v) is 8.85. The highest BCUT2D eigenvalue weighted by atomic mass is 32.2. The van der Waals surface area contributed by atoms with Gasteiger partial charge in [-0.25, -0.2) is 8.42 Å². The number of amides is 1. The van der Waals surface area contributed by atoms with Gasteiger partial charge in [-0.05, 0) is 35.7 Å². The van der Waals surface area contributed by atoms with Crippen molar-refractivity contribution in [3.05, 3.63) is 59.7 Å². The normalized spacial score (nSPS) is 11.0. The van der Waals surface area contributed by atoms with E-state index in [1.807, 2.05) is 19.1 Å². The number of sulfonamides is 1. The van der Waals surface area contributed by atoms with Gasteiger partial charge in [-0.1, -0.05) is 37.3 Å². The van der Waals surface area contributed by atoms with E-state index in [1.54, 1.807) is 24.3 Å². The zero-order valence-electron chi connectivity index (χ0n) is 13.2. The molecule has 0 aliphatic rings. The van der Waals surface area contributed by atoms with E-state index in [4.69, 9.17) is 0 Å². The molecule has 0 aromatic heterocycles. The monoisotopic (exact) mass is 332 g/mol. The number of nitrogens with one attached hydrogen (secondary N) is 2. The number of anilines is 1. The van der Waals surface area contributed by atoms with Crippen molar-refractivity contribution in [3.8, 4) is 0 Å². The third-order valence-corrected chi connectivity index (χ3v) is 4.80. The molecule has 0 aliphatic carbocycles. The highest BCUT2D eigenvalue weighted by molar-refractivity contribution is 7.92. The molecule has 2 aromatic rings. The topological polar surface area (TPSA) is 75.3 Å². The lowest BCUT2D eigenvalue weighted by Crippen LogP contribution is -2.19. The maximum Gasteiger partial charge on any atom is 0.261 e. The molecule has 5 nitrogen and oxygen atoms in total. The van der Waals surface area contributed by atoms with Gasteiger partial charge < -0.3 is 5.32 Å². The Morgan fingerprint density at radius 1 is 1.04 bits per heavy atom. The van der Waals surface area contributed by atoms with Gasteiger partial charge in [-0.3, -0.25) is 9.52 Å². The van der Waals surface area contributed by atoms with Crippen molar-refractivity contribution in [2.45, 2.75) is 31.7 Å². The largest absolute Gasteiger partial charge is 0.352 e. The molecular weight excluding hydrogens is 312 g/mol. The molecule has 2 rings (SSSR count). The van der Waals surface area contributed by atoms with Crippen LogP contribution in [-0.4, -0.2) is 14.3 Å². The van der Waals surface area contributed by atoms with Gasteiger partial charge >= 0.3 is 0 Å². The molecule has 0 spiro atoms. The summed E-state index contributed by atoms with van der Waals surface area (Å²) >= 11 is 0. The molecule has 1 amide bonds. The van der Waals surface area contributed by atoms with Crippen molar-refractivity contribution in [1.29, 1.82) is 0 Å². The van der Waals surface area contributed by atoms with Crippen molar-refractivity contribution in [3.63, 3.8) is 0 Å². The Morgan fingerprint density at radius 2 is 1.70 bits per heavy atom. The predicted octanol–water partition coefficient (Wildman–Crippen LogP) is 2.69. The van der Waals surface area contributed by atoms with Gasteiger partial charge in [0.2, 0.25) is 5.91 Å². The summed E-state index contributed by atoms with van der Waals surface area (Å²) in [6.45, 7) is 3.79. The molecule has 0 heterocycles. The fourth-order valence-electron chi connectivity index (χ4n) is 2.14. The molecule has 0 bridgehead atoms. The smallest absolute Gasteiger partial charge is 0.261 e. The highest BCUT2D eigenvalue weighted by Crippen LogP contribution is 2.20. The van der Waals surface area contributed by atoms with Crippen LogP contribution >= 0.6 is 0 Å². The second-order valence-electron chi connectivity index (χ2n) is 5.17. The van der Waals surface area contributed by atoms with Gasteiger partial charge in [-0.15, -0.1) is 0 Å². The average molecular weight is 332 g/mol. The summed E-state index contributed by atoms with van der Waals surface area (Å²) in [6.07, 6.45) is 0.744. The summed E-state index contributed by atoms with van der Waals surface area (Å²) in [6, 6.07) is 13.8. The first kappa shape index (κ1) is 17.0. The van der Waals surface area contributed by atoms with Crippen molar-refractivity contribution < 1.29 is 13.2 Å². The van der Waals surface area contributed by atoms with Gasteiger partial charge in [0, 0.05) is 13.5 Å². The number of aryl methyl sites for hydroxylation is 1. The van der Waals surface area contributed by atoms with Crippen LogP contribution in [-0.2, 0) is 27.8 Å². The summed E-state index contributed by atoms with van der Waals surface area (Å²) in [5.41, 5.74) is 2.38. The summed E-state index contributed by atoms with van der Waals surface area (Å²) in [7, 11) is -3.63. The van der Waals surface area contributed by atoms with E-state index in [-0.39, 0.29) is 10.8 Å². The van der Waals surface area contributed by atoms with E-state index >= 15 is 0 Å². The van der Waals surface area contributed by atoms with E-state index in [0.29, 0.717) is 12.2 Å². The Bertz CT molecular complexity index is 784. The lowest BCUT2D eigenvalue weighted by atomic mass is 10.1. The predicted molar refractivity (Wildman–Crippen MR) is 90.6 cm³/mol. The summed E-state index contributed by atoms with van der Waals surface area (Å²) < 4.78 is 27.6. The maximum absolute atomic E-state index is 12.5. The zero-order valence-corrected chi connectivity index (χ0v) is 14.0. The van der Waals surface area contributed by atoms with E-state index in [9.17, 15) is 13.2 Å². The van der Waals surface area contributed by atoms with Gasteiger partial charge in [0.1, 0.15) is 0 Å². The molecule has 0 unspecified atom stereocenters. The van der Waals surface area contributed by atoms with Crippen molar-refractivity contribution in [2.24, 2.45) is 0 Å². The van der Waals surface area contributed by atoms with Gasteiger partial charge in [0.25, 0.3) is 10.0 Å². The molecule has 0 fully saturated rings. The van der Waals surface area contributed by atoms with E-state index in [1.165, 1.54) is 19.1 Å². The van der Waals surface area contributed by atoms with Gasteiger partial charge in [0.15, 0.2) is 0 Å². The van der Waals surface area contributed by atoms with E-state index < -0.39 is 10.0 Å². The number of carbonyl (C=O) groups excluding carboxylic acids is 1. The number of carbonyl (C=O) groups is 1. The van der Waals surface area contributed by atoms with Crippen LogP contribution in [0.15, 0.2) is 53.4 Å². The van der Waals surface area contributed by atoms with Gasteiger partial charge in [-0.2, -0.15) is 0 Å². The first-order chi connectivity index (χ1) is 10.9. The third kappa shape index (κ3) is 4.56. The van der Waals surface area contributed by atoms with Crippen LogP contribution in [0.4, 0.5) is 5.69 Å². The molecule has 6 heteroatoms. The van der Waals surface area contributed by atoms with Crippen LogP contribution < -0.4 is 10.0 Å². The summed E-state index contributed by atoms with van der Waals surface area (Å²) in [5, 5.41) is 2.67. The maximum atomic E-state index is 12.5. The first-order valence-electron chi connectivity index (χ1n) is 7.36. The lowest BCUT2D eigenvalue weighted by molar-refractivity contribution is -0.119. The highest BCUT2D eigenvalue weighted by Gasteiger charge is 2.15. The molecule has 0 saturated carbocycles. The molecule has 0 radical (unpaired) electrons. The zero-order chi connectivity index (χ0) is 16.9. The van der Waals surface area contributed by atoms with Crippen LogP contribution in [0.3, 0.4) is 0 Å². The van der Waals surface area contributed by atoms with Crippen LogP contribution in [0.25, 0.3) is 0 Å². The quantitative estimate of drug-likeness (QED) is 0.854. The molecule has 23 heavy (non-hydrogen) atoms. The number of benzene rings is 2. The summed E-state index contributed by atoms with van der Waals surface area (Å²) in [5.74, 6) is -0.125. The Kier molecular flexibility index (Phi) is 5.39. The standard InChI is InChI=1S/C17H20N2O3S/c1-3-15-6-4-5-7-17(15)19-23(21,22)16-10-8-14(9-11-16)12-18-13(2)20/h4-11,19H,3,12H2,1-2H3,(H,18,20). The van der Waals surface area contributed by atoms with Crippen molar-refractivity contribution >= 4 is 21.6 Å². The fraction of sp³-hybridized carbons (Fsp3) is 0.235. The number of hydrogen-bond acceptors (Lipinski definition) is 3. The molecule has 2 N–H and O–H groups in total. The number of para-hydroxylation sites is 1. The second-order valence-corrected chi connectivity index (χ2v) is 6.85. The van der Waals surface area contributed by atoms with Crippen LogP contribution in [0, 0.1) is 0 Å². The Hall–Kier alpha value is -2.34. The molecule has 0 aliphatic heterocycles. The molecule has 0 saturated heterocycles. The van der Waals surface area contributed by atoms with Crippen molar-refractivity contribution in [2.75, 3.05) is 4.72 Å². The van der Waals surface area contributed by atoms with Crippen LogP contribution in [0.2, 0.25) is 0 Å². The molecule has 122 valence electrons. The van der Waals surface area contributed by atoms with Crippen LogP contribution in [0.5, 0.6) is 0 Å². The minimum Gasteiger partial charge on any atom is -0.352 e. The third-order valence-electron chi connectivity index (χ3n) is 3.42. The van der Waals surface area contributed by atoms with E-state index in [2.05, 4.69) is 10.0 Å². The Morgan fingerprint density at radius 3 is 2.30 bits per heavy atom. The fourth-order valence-corrected chi connectivity index (χ4v) is 3.25. The minimum atomic E-state index is -3.63. The molecule has 2 aromatic carbocycles. The second kappa shape index (κ2) is 7.28. The molecular formula is C17H20N2O3S. The van der Waals surface area contributed by atoms with Crippen LogP contribution in [0.1, 0.15) is 25.0 Å². The minimum absolute atomic E-state index is 0.125. The summed E-state index contributed by atoms with van der Waals surface area (Å²) in [4.78, 5) is 11.1. The number of hydrogen-bond donors (Lipinski definition) is 2. The lowest BCUT2D eigenvalue weighted by Gasteiger charge is -2.12. The van der Waals surface area contributed by atoms with E-state index in [0.717, 1.165) is 17.5 Å². The van der Waals surface area contributed by atoms with Crippen molar-refractivity contribution in [1.82, 2.24) is 5.32 Å². The average Bonchev–Trinajstić information content (AvgIpc) is 2.53. The Labute approximate surface area is 136 Å². The SMILES string of the molecule is CCc1ccccc1NS(=O)(=O)c1ccc(CNC(C)=O)cc1.